The summed E-state index contributed by atoms with van der Waals surface area (Å²) in [6.45, 7) is 2.22. The van der Waals surface area contributed by atoms with Crippen LogP contribution >= 0.6 is 0 Å². The normalized spacial score (nSPS) is 14.8. The number of halogens is 2. The summed E-state index contributed by atoms with van der Waals surface area (Å²) in [5.41, 5.74) is 0.872. The fourth-order valence-electron chi connectivity index (χ4n) is 2.74. The minimum Gasteiger partial charge on any atom is -0.378 e. The third-order valence-corrected chi connectivity index (χ3v) is 4.11. The lowest BCUT2D eigenvalue weighted by Gasteiger charge is -2.29. The van der Waals surface area contributed by atoms with Crippen LogP contribution in [0, 0.1) is 23.0 Å². The molecule has 1 fully saturated rings. The number of carbonyl (C=O) groups is 1. The molecule has 1 aliphatic rings. The van der Waals surface area contributed by atoms with Gasteiger partial charge in [-0.15, -0.1) is 0 Å². The monoisotopic (exact) mass is 354 g/mol. The first kappa shape index (κ1) is 17.8. The number of nitrogens with zero attached hydrogens (tertiary/aromatic N) is 2. The SMILES string of the molecule is N#C/C(=C\c1ccc(F)cc1)C(=O)c1ccc(N2CCOCC2)c(F)c1. The van der Waals surface area contributed by atoms with Crippen molar-refractivity contribution in [3.8, 4) is 6.07 Å². The van der Waals surface area contributed by atoms with E-state index in [4.69, 9.17) is 4.74 Å². The quantitative estimate of drug-likeness (QED) is 0.478. The predicted molar refractivity (Wildman–Crippen MR) is 93.8 cm³/mol. The third kappa shape index (κ3) is 3.95. The Labute approximate surface area is 149 Å². The maximum Gasteiger partial charge on any atom is 0.203 e. The standard InChI is InChI=1S/C20H16F2N2O2/c21-17-4-1-14(2-5-17)11-16(13-23)20(25)15-3-6-19(18(22)12-15)24-7-9-26-10-8-24/h1-6,11-12H,7-10H2/b16-11+. The van der Waals surface area contributed by atoms with Crippen LogP contribution in [0.3, 0.4) is 0 Å². The minimum atomic E-state index is -0.579. The number of allylic oxidation sites excluding steroid dienone is 1. The van der Waals surface area contributed by atoms with Crippen molar-refractivity contribution in [3.63, 3.8) is 0 Å². The molecule has 1 saturated heterocycles. The molecule has 3 rings (SSSR count). The summed E-state index contributed by atoms with van der Waals surface area (Å²) >= 11 is 0. The van der Waals surface area contributed by atoms with E-state index in [9.17, 15) is 18.8 Å². The van der Waals surface area contributed by atoms with E-state index < -0.39 is 17.4 Å². The molecule has 0 bridgehead atoms. The van der Waals surface area contributed by atoms with E-state index in [1.165, 1.54) is 36.4 Å². The molecule has 0 unspecified atom stereocenters. The van der Waals surface area contributed by atoms with Crippen molar-refractivity contribution in [3.05, 3.63) is 70.8 Å². The molecule has 26 heavy (non-hydrogen) atoms. The second kappa shape index (κ2) is 7.89. The maximum atomic E-state index is 14.5. The molecule has 6 heteroatoms. The topological polar surface area (TPSA) is 53.3 Å². The van der Waals surface area contributed by atoms with Crippen LogP contribution in [0.5, 0.6) is 0 Å². The zero-order chi connectivity index (χ0) is 18.5. The molecule has 2 aromatic rings. The molecule has 0 saturated carbocycles. The van der Waals surface area contributed by atoms with Gasteiger partial charge in [0.2, 0.25) is 5.78 Å². The first-order valence-electron chi connectivity index (χ1n) is 8.13. The van der Waals surface area contributed by atoms with Gasteiger partial charge in [-0.05, 0) is 42.0 Å². The fourth-order valence-corrected chi connectivity index (χ4v) is 2.74. The maximum absolute atomic E-state index is 14.5. The number of morpholine rings is 1. The van der Waals surface area contributed by atoms with Gasteiger partial charge in [0.05, 0.1) is 18.9 Å². The van der Waals surface area contributed by atoms with Crippen molar-refractivity contribution in [1.82, 2.24) is 0 Å². The van der Waals surface area contributed by atoms with Crippen molar-refractivity contribution in [1.29, 1.82) is 5.26 Å². The molecular formula is C20H16F2N2O2. The average Bonchev–Trinajstić information content (AvgIpc) is 2.67. The highest BCUT2D eigenvalue weighted by atomic mass is 19.1. The Kier molecular flexibility index (Phi) is 5.40. The molecule has 4 nitrogen and oxygen atoms in total. The van der Waals surface area contributed by atoms with Crippen LogP contribution in [0.15, 0.2) is 48.0 Å². The zero-order valence-corrected chi connectivity index (χ0v) is 13.9. The Bertz CT molecular complexity index is 880. The van der Waals surface area contributed by atoms with Crippen LogP contribution in [0.25, 0.3) is 6.08 Å². The number of rotatable bonds is 4. The van der Waals surface area contributed by atoms with Crippen LogP contribution in [0.2, 0.25) is 0 Å². The lowest BCUT2D eigenvalue weighted by Crippen LogP contribution is -2.36. The molecular weight excluding hydrogens is 338 g/mol. The van der Waals surface area contributed by atoms with Gasteiger partial charge in [0.15, 0.2) is 0 Å². The van der Waals surface area contributed by atoms with E-state index in [0.717, 1.165) is 6.07 Å². The van der Waals surface area contributed by atoms with E-state index in [-0.39, 0.29) is 11.1 Å². The predicted octanol–water partition coefficient (Wildman–Crippen LogP) is 3.59. The van der Waals surface area contributed by atoms with Crippen molar-refractivity contribution in [2.24, 2.45) is 0 Å². The first-order chi connectivity index (χ1) is 12.6. The van der Waals surface area contributed by atoms with Gasteiger partial charge in [0.1, 0.15) is 23.3 Å². The number of ether oxygens (including phenoxy) is 1. The summed E-state index contributed by atoms with van der Waals surface area (Å²) in [5, 5.41) is 9.27. The molecule has 0 amide bonds. The molecule has 2 aromatic carbocycles. The number of Topliss-reactive ketones (excluding diaryl/α,β-unsaturated/α-hetero) is 1. The Hall–Kier alpha value is -3.04. The minimum absolute atomic E-state index is 0.0921. The summed E-state index contributed by atoms with van der Waals surface area (Å²) in [7, 11) is 0. The van der Waals surface area contributed by atoms with E-state index in [1.807, 2.05) is 11.0 Å². The van der Waals surface area contributed by atoms with Gasteiger partial charge in [0.25, 0.3) is 0 Å². The number of benzene rings is 2. The van der Waals surface area contributed by atoms with E-state index in [1.54, 1.807) is 6.07 Å². The summed E-state index contributed by atoms with van der Waals surface area (Å²) < 4.78 is 32.7. The highest BCUT2D eigenvalue weighted by Crippen LogP contribution is 2.23. The number of hydrogen-bond donors (Lipinski definition) is 0. The molecule has 0 aromatic heterocycles. The summed E-state index contributed by atoms with van der Waals surface area (Å²) in [4.78, 5) is 14.4. The summed E-state index contributed by atoms with van der Waals surface area (Å²) in [5.74, 6) is -1.51. The summed E-state index contributed by atoms with van der Waals surface area (Å²) in [6, 6.07) is 11.4. The number of ketones is 1. The first-order valence-corrected chi connectivity index (χ1v) is 8.13. The Balaban J connectivity index is 1.85. The molecule has 0 atom stereocenters. The summed E-state index contributed by atoms with van der Waals surface area (Å²) in [6.07, 6.45) is 1.36. The van der Waals surface area contributed by atoms with Gasteiger partial charge >= 0.3 is 0 Å². The van der Waals surface area contributed by atoms with Gasteiger partial charge in [-0.25, -0.2) is 8.78 Å². The second-order valence-corrected chi connectivity index (χ2v) is 5.82. The van der Waals surface area contributed by atoms with Crippen LogP contribution in [0.1, 0.15) is 15.9 Å². The van der Waals surface area contributed by atoms with Crippen molar-refractivity contribution in [2.45, 2.75) is 0 Å². The molecule has 0 radical (unpaired) electrons. The van der Waals surface area contributed by atoms with Crippen molar-refractivity contribution < 1.29 is 18.3 Å². The van der Waals surface area contributed by atoms with Crippen LogP contribution in [-0.2, 0) is 4.74 Å². The Morgan fingerprint density at radius 3 is 2.42 bits per heavy atom. The zero-order valence-electron chi connectivity index (χ0n) is 13.9. The molecule has 1 aliphatic heterocycles. The van der Waals surface area contributed by atoms with Crippen LogP contribution < -0.4 is 4.90 Å². The van der Waals surface area contributed by atoms with Gasteiger partial charge < -0.3 is 9.64 Å². The van der Waals surface area contributed by atoms with Crippen molar-refractivity contribution in [2.75, 3.05) is 31.2 Å². The van der Waals surface area contributed by atoms with Crippen LogP contribution in [-0.4, -0.2) is 32.1 Å². The number of nitriles is 1. The number of carbonyl (C=O) groups excluding carboxylic acids is 1. The molecule has 0 spiro atoms. The van der Waals surface area contributed by atoms with E-state index in [0.29, 0.717) is 37.6 Å². The van der Waals surface area contributed by atoms with Gasteiger partial charge in [-0.1, -0.05) is 12.1 Å². The average molecular weight is 354 g/mol. The molecule has 1 heterocycles. The Morgan fingerprint density at radius 2 is 1.81 bits per heavy atom. The molecule has 132 valence electrons. The van der Waals surface area contributed by atoms with Gasteiger partial charge in [-0.2, -0.15) is 5.26 Å². The van der Waals surface area contributed by atoms with Gasteiger partial charge in [0, 0.05) is 18.7 Å². The highest BCUT2D eigenvalue weighted by molar-refractivity contribution is 6.14. The third-order valence-electron chi connectivity index (χ3n) is 4.11. The lowest BCUT2D eigenvalue weighted by atomic mass is 10.0. The highest BCUT2D eigenvalue weighted by Gasteiger charge is 2.18. The van der Waals surface area contributed by atoms with Gasteiger partial charge in [-0.3, -0.25) is 4.79 Å². The smallest absolute Gasteiger partial charge is 0.203 e. The van der Waals surface area contributed by atoms with E-state index >= 15 is 0 Å². The largest absolute Gasteiger partial charge is 0.378 e. The lowest BCUT2D eigenvalue weighted by molar-refractivity contribution is 0.103. The molecule has 0 aliphatic carbocycles. The van der Waals surface area contributed by atoms with Crippen molar-refractivity contribution >= 4 is 17.5 Å². The van der Waals surface area contributed by atoms with E-state index in [2.05, 4.69) is 0 Å². The second-order valence-electron chi connectivity index (χ2n) is 5.82. The fraction of sp³-hybridized carbons (Fsp3) is 0.200. The van der Waals surface area contributed by atoms with Crippen LogP contribution in [0.4, 0.5) is 14.5 Å². The number of hydrogen-bond acceptors (Lipinski definition) is 4. The Morgan fingerprint density at radius 1 is 1.12 bits per heavy atom. The molecule has 0 N–H and O–H groups in total. The number of anilines is 1.